The summed E-state index contributed by atoms with van der Waals surface area (Å²) in [6.07, 6.45) is -11.8. The van der Waals surface area contributed by atoms with Gasteiger partial charge in [0, 0.05) is 16.3 Å². The summed E-state index contributed by atoms with van der Waals surface area (Å²) >= 11 is 5.60. The molecule has 0 bridgehead atoms. The van der Waals surface area contributed by atoms with Crippen molar-refractivity contribution in [1.29, 1.82) is 0 Å². The number of anilines is 1. The second kappa shape index (κ2) is 7.65. The number of halogens is 7. The largest absolute Gasteiger partial charge is 0.436 e. The number of benzene rings is 2. The standard InChI is InChI=1S/C16H12ClF6N3O/c17-11-8-6-10(7-9-11)13(27)24-14(15(18,19)20,16(21,22)23)26-25-12-4-2-1-3-5-12/h1-9,25-26H,(H,24,27). The average Bonchev–Trinajstić information content (AvgIpc) is 2.57. The van der Waals surface area contributed by atoms with Gasteiger partial charge >= 0.3 is 18.0 Å². The summed E-state index contributed by atoms with van der Waals surface area (Å²) in [6, 6.07) is 11.1. The molecule has 2 aromatic rings. The van der Waals surface area contributed by atoms with E-state index >= 15 is 0 Å². The van der Waals surface area contributed by atoms with Crippen molar-refractivity contribution in [2.24, 2.45) is 0 Å². The molecule has 0 atom stereocenters. The Balaban J connectivity index is 2.38. The average molecular weight is 412 g/mol. The fraction of sp³-hybridized carbons (Fsp3) is 0.188. The first-order valence-electron chi connectivity index (χ1n) is 7.26. The second-order valence-electron chi connectivity index (χ2n) is 5.32. The minimum Gasteiger partial charge on any atom is -0.319 e. The number of para-hydroxylation sites is 1. The number of alkyl halides is 6. The Labute approximate surface area is 154 Å². The molecule has 146 valence electrons. The molecule has 0 fully saturated rings. The number of hydrogen-bond donors (Lipinski definition) is 3. The third-order valence-electron chi connectivity index (χ3n) is 3.43. The van der Waals surface area contributed by atoms with E-state index in [-0.39, 0.29) is 10.7 Å². The topological polar surface area (TPSA) is 53.2 Å². The van der Waals surface area contributed by atoms with Gasteiger partial charge in [-0.25, -0.2) is 0 Å². The van der Waals surface area contributed by atoms with E-state index in [1.54, 1.807) is 0 Å². The van der Waals surface area contributed by atoms with Crippen molar-refractivity contribution in [2.75, 3.05) is 5.43 Å². The maximum atomic E-state index is 13.5. The Morgan fingerprint density at radius 1 is 0.815 bits per heavy atom. The lowest BCUT2D eigenvalue weighted by molar-refractivity contribution is -0.312. The number of hydrazine groups is 1. The van der Waals surface area contributed by atoms with Crippen molar-refractivity contribution in [3.05, 3.63) is 65.2 Å². The van der Waals surface area contributed by atoms with E-state index < -0.39 is 29.5 Å². The molecule has 0 saturated carbocycles. The quantitative estimate of drug-likeness (QED) is 0.385. The van der Waals surface area contributed by atoms with Crippen LogP contribution in [0.25, 0.3) is 0 Å². The van der Waals surface area contributed by atoms with E-state index in [1.807, 2.05) is 5.43 Å². The summed E-state index contributed by atoms with van der Waals surface area (Å²) < 4.78 is 80.7. The molecule has 4 nitrogen and oxygen atoms in total. The number of rotatable bonds is 5. The zero-order valence-corrected chi connectivity index (χ0v) is 14.0. The SMILES string of the molecule is O=C(NC(NNc1ccccc1)(C(F)(F)F)C(F)(F)F)c1ccc(Cl)cc1. The van der Waals surface area contributed by atoms with Gasteiger partial charge in [-0.2, -0.15) is 31.8 Å². The molecule has 11 heteroatoms. The number of hydrogen-bond acceptors (Lipinski definition) is 3. The lowest BCUT2D eigenvalue weighted by Gasteiger charge is -2.38. The zero-order valence-electron chi connectivity index (χ0n) is 13.3. The first-order valence-corrected chi connectivity index (χ1v) is 7.64. The van der Waals surface area contributed by atoms with E-state index in [4.69, 9.17) is 11.6 Å². The van der Waals surface area contributed by atoms with Crippen molar-refractivity contribution in [3.8, 4) is 0 Å². The van der Waals surface area contributed by atoms with Crippen molar-refractivity contribution < 1.29 is 31.1 Å². The number of nitrogens with one attached hydrogen (secondary N) is 3. The first kappa shape index (κ1) is 20.8. The van der Waals surface area contributed by atoms with Gasteiger partial charge in [0.2, 0.25) is 0 Å². The summed E-state index contributed by atoms with van der Waals surface area (Å²) in [5, 5.41) is 1.17. The van der Waals surface area contributed by atoms with Crippen LogP contribution in [-0.4, -0.2) is 23.9 Å². The maximum Gasteiger partial charge on any atom is 0.436 e. The van der Waals surface area contributed by atoms with Crippen molar-refractivity contribution >= 4 is 23.2 Å². The van der Waals surface area contributed by atoms with Crippen LogP contribution in [0, 0.1) is 0 Å². The maximum absolute atomic E-state index is 13.5. The molecule has 0 radical (unpaired) electrons. The third-order valence-corrected chi connectivity index (χ3v) is 3.68. The lowest BCUT2D eigenvalue weighted by atomic mass is 10.1. The Morgan fingerprint density at radius 3 is 1.81 bits per heavy atom. The molecule has 0 aliphatic carbocycles. The zero-order chi connectivity index (χ0) is 20.3. The van der Waals surface area contributed by atoms with Crippen LogP contribution in [0.5, 0.6) is 0 Å². The molecule has 0 spiro atoms. The van der Waals surface area contributed by atoms with Gasteiger partial charge in [0.05, 0.1) is 0 Å². The van der Waals surface area contributed by atoms with Crippen LogP contribution in [0.4, 0.5) is 32.0 Å². The van der Waals surface area contributed by atoms with Crippen LogP contribution >= 0.6 is 11.6 Å². The minimum atomic E-state index is -5.92. The van der Waals surface area contributed by atoms with Crippen molar-refractivity contribution in [1.82, 2.24) is 10.7 Å². The highest BCUT2D eigenvalue weighted by atomic mass is 35.5. The molecule has 2 rings (SSSR count). The summed E-state index contributed by atoms with van der Waals surface area (Å²) in [5.74, 6) is -1.59. The van der Waals surface area contributed by atoms with Crippen LogP contribution in [0.15, 0.2) is 54.6 Å². The third kappa shape index (κ3) is 4.64. The molecular formula is C16H12ClF6N3O. The van der Waals surface area contributed by atoms with E-state index in [1.165, 1.54) is 35.8 Å². The Hall–Kier alpha value is -2.46. The smallest absolute Gasteiger partial charge is 0.319 e. The second-order valence-corrected chi connectivity index (χ2v) is 5.76. The molecule has 27 heavy (non-hydrogen) atoms. The van der Waals surface area contributed by atoms with E-state index in [0.29, 0.717) is 0 Å². The van der Waals surface area contributed by atoms with Crippen LogP contribution < -0.4 is 16.2 Å². The monoisotopic (exact) mass is 411 g/mol. The molecule has 0 heterocycles. The summed E-state index contributed by atoms with van der Waals surface area (Å²) in [7, 11) is 0. The van der Waals surface area contributed by atoms with Gasteiger partial charge in [-0.05, 0) is 36.4 Å². The van der Waals surface area contributed by atoms with E-state index in [9.17, 15) is 31.1 Å². The van der Waals surface area contributed by atoms with E-state index in [2.05, 4.69) is 0 Å². The molecule has 0 aliphatic heterocycles. The highest BCUT2D eigenvalue weighted by molar-refractivity contribution is 6.30. The normalized spacial score (nSPS) is 12.6. The minimum absolute atomic E-state index is 0.0730. The fourth-order valence-electron chi connectivity index (χ4n) is 2.01. The van der Waals surface area contributed by atoms with Gasteiger partial charge in [0.15, 0.2) is 0 Å². The van der Waals surface area contributed by atoms with Gasteiger partial charge in [-0.3, -0.25) is 4.79 Å². The van der Waals surface area contributed by atoms with Gasteiger partial charge < -0.3 is 10.7 Å². The lowest BCUT2D eigenvalue weighted by Crippen LogP contribution is -2.76. The van der Waals surface area contributed by atoms with Gasteiger partial charge in [0.1, 0.15) is 0 Å². The first-order chi connectivity index (χ1) is 12.5. The van der Waals surface area contributed by atoms with E-state index in [0.717, 1.165) is 29.6 Å². The Bertz CT molecular complexity index is 763. The summed E-state index contributed by atoms with van der Waals surface area (Å²) in [6.45, 7) is 0. The van der Waals surface area contributed by atoms with Crippen molar-refractivity contribution in [3.63, 3.8) is 0 Å². The molecule has 0 aromatic heterocycles. The molecule has 1 amide bonds. The molecule has 0 unspecified atom stereocenters. The number of carbonyl (C=O) groups excluding carboxylic acids is 1. The summed E-state index contributed by atoms with van der Waals surface area (Å²) in [5.41, 5.74) is -2.23. The summed E-state index contributed by atoms with van der Waals surface area (Å²) in [4.78, 5) is 12.1. The van der Waals surface area contributed by atoms with Crippen LogP contribution in [0.1, 0.15) is 10.4 Å². The highest BCUT2D eigenvalue weighted by Crippen LogP contribution is 2.41. The predicted octanol–water partition coefficient (Wildman–Crippen LogP) is 4.51. The molecular weight excluding hydrogens is 400 g/mol. The van der Waals surface area contributed by atoms with Gasteiger partial charge in [-0.15, -0.1) is 0 Å². The fourth-order valence-corrected chi connectivity index (χ4v) is 2.13. The highest BCUT2D eigenvalue weighted by Gasteiger charge is 2.72. The number of carbonyl (C=O) groups is 1. The van der Waals surface area contributed by atoms with Crippen LogP contribution in [0.2, 0.25) is 5.02 Å². The molecule has 2 aromatic carbocycles. The Morgan fingerprint density at radius 2 is 1.33 bits per heavy atom. The van der Waals surface area contributed by atoms with Gasteiger partial charge in [0.25, 0.3) is 5.91 Å². The van der Waals surface area contributed by atoms with Crippen LogP contribution in [0.3, 0.4) is 0 Å². The van der Waals surface area contributed by atoms with Gasteiger partial charge in [-0.1, -0.05) is 29.8 Å². The van der Waals surface area contributed by atoms with Crippen LogP contribution in [-0.2, 0) is 0 Å². The van der Waals surface area contributed by atoms with Crippen molar-refractivity contribution in [2.45, 2.75) is 18.0 Å². The molecule has 0 aliphatic rings. The number of amides is 1. The molecule has 0 saturated heterocycles. The Kier molecular flexibility index (Phi) is 5.91. The predicted molar refractivity (Wildman–Crippen MR) is 87.0 cm³/mol. The molecule has 3 N–H and O–H groups in total.